The van der Waals surface area contributed by atoms with Crippen molar-refractivity contribution in [2.24, 2.45) is 5.92 Å². The molecule has 0 radical (unpaired) electrons. The molecule has 0 bridgehead atoms. The number of anilines is 2. The van der Waals surface area contributed by atoms with Crippen molar-refractivity contribution >= 4 is 53.0 Å². The standard InChI is InChI=1S/C13H13N5S2.C8H19O3P/c1-7(8-5-3-2-4-6-8)19-13-16-10(14)9-11(18-13)17-12(15)20-9;1-8(2)6-5-7-11-12(9-3)10-4/h2-7H,1H3,(H4,14,15,16,17,18);8H,5-7H2,1-4H3/t7-;/m0./s1. The number of aromatic nitrogens is 3. The van der Waals surface area contributed by atoms with Gasteiger partial charge in [0.1, 0.15) is 10.5 Å². The highest BCUT2D eigenvalue weighted by atomic mass is 32.2. The molecule has 0 amide bonds. The number of rotatable bonds is 10. The van der Waals surface area contributed by atoms with Crippen molar-refractivity contribution in [2.45, 2.75) is 44.0 Å². The first kappa shape index (κ1) is 26.7. The molecule has 2 aromatic heterocycles. The summed E-state index contributed by atoms with van der Waals surface area (Å²) in [6.45, 7) is 7.25. The average molecular weight is 498 g/mol. The van der Waals surface area contributed by atoms with E-state index < -0.39 is 8.60 Å². The molecule has 1 atom stereocenters. The maximum Gasteiger partial charge on any atom is 0.332 e. The number of thioether (sulfide) groups is 1. The molecule has 0 aliphatic heterocycles. The molecule has 176 valence electrons. The second-order valence-electron chi connectivity index (χ2n) is 7.23. The van der Waals surface area contributed by atoms with Crippen LogP contribution in [0.25, 0.3) is 10.3 Å². The first-order valence-electron chi connectivity index (χ1n) is 10.3. The van der Waals surface area contributed by atoms with E-state index in [0.29, 0.717) is 21.8 Å². The Morgan fingerprint density at radius 3 is 2.34 bits per heavy atom. The van der Waals surface area contributed by atoms with Gasteiger partial charge in [-0.2, -0.15) is 0 Å². The van der Waals surface area contributed by atoms with Gasteiger partial charge in [0, 0.05) is 19.5 Å². The fraction of sp³-hybridized carbons (Fsp3) is 0.476. The minimum atomic E-state index is -1.09. The zero-order valence-corrected chi connectivity index (χ0v) is 21.7. The van der Waals surface area contributed by atoms with Crippen LogP contribution in [0.15, 0.2) is 35.5 Å². The summed E-state index contributed by atoms with van der Waals surface area (Å²) in [5, 5.41) is 1.32. The lowest BCUT2D eigenvalue weighted by Gasteiger charge is -2.11. The predicted octanol–water partition coefficient (Wildman–Crippen LogP) is 6.06. The summed E-state index contributed by atoms with van der Waals surface area (Å²) in [7, 11) is 2.10. The average Bonchev–Trinajstić information content (AvgIpc) is 3.15. The van der Waals surface area contributed by atoms with E-state index in [1.165, 1.54) is 23.3 Å². The fourth-order valence-electron chi connectivity index (χ4n) is 2.65. The molecule has 4 N–H and O–H groups in total. The molecule has 3 aromatic rings. The SMILES string of the molecule is COP(OC)OCCCC(C)C.C[C@H](Sc1nc(N)c2sc(N)nc2n1)c1ccccc1. The molecule has 0 fully saturated rings. The van der Waals surface area contributed by atoms with Crippen molar-refractivity contribution in [1.29, 1.82) is 0 Å². The number of benzene rings is 1. The van der Waals surface area contributed by atoms with Crippen LogP contribution in [-0.2, 0) is 13.6 Å². The number of fused-ring (bicyclic) bond motifs is 1. The molecule has 0 unspecified atom stereocenters. The summed E-state index contributed by atoms with van der Waals surface area (Å²) in [5.74, 6) is 1.18. The van der Waals surface area contributed by atoms with Gasteiger partial charge in [0.2, 0.25) is 0 Å². The highest BCUT2D eigenvalue weighted by Crippen LogP contribution is 2.37. The van der Waals surface area contributed by atoms with Crippen molar-refractivity contribution in [2.75, 3.05) is 32.3 Å². The van der Waals surface area contributed by atoms with Gasteiger partial charge in [-0.3, -0.25) is 0 Å². The van der Waals surface area contributed by atoms with Crippen molar-refractivity contribution in [3.63, 3.8) is 0 Å². The van der Waals surface area contributed by atoms with Crippen molar-refractivity contribution in [3.05, 3.63) is 35.9 Å². The highest BCUT2D eigenvalue weighted by molar-refractivity contribution is 7.99. The van der Waals surface area contributed by atoms with Gasteiger partial charge in [-0.15, -0.1) is 0 Å². The number of nitrogens with zero attached hydrogens (tertiary/aromatic N) is 3. The van der Waals surface area contributed by atoms with Gasteiger partial charge in [-0.25, -0.2) is 15.0 Å². The molecule has 3 rings (SSSR count). The minimum absolute atomic E-state index is 0.240. The lowest BCUT2D eigenvalue weighted by molar-refractivity contribution is 0.200. The first-order chi connectivity index (χ1) is 15.3. The Hall–Kier alpha value is -1.55. The fourth-order valence-corrected chi connectivity index (χ4v) is 4.87. The van der Waals surface area contributed by atoms with Crippen LogP contribution in [0.1, 0.15) is 44.4 Å². The lowest BCUT2D eigenvalue weighted by atomic mass is 10.1. The quantitative estimate of drug-likeness (QED) is 0.149. The van der Waals surface area contributed by atoms with E-state index in [-0.39, 0.29) is 5.25 Å². The zero-order chi connectivity index (χ0) is 23.5. The highest BCUT2D eigenvalue weighted by Gasteiger charge is 2.14. The Labute approximate surface area is 199 Å². The van der Waals surface area contributed by atoms with Crippen molar-refractivity contribution < 1.29 is 13.6 Å². The number of nitrogens with two attached hydrogens (primary N) is 2. The number of hydrogen-bond donors (Lipinski definition) is 2. The molecular weight excluding hydrogens is 465 g/mol. The topological polar surface area (TPSA) is 118 Å². The van der Waals surface area contributed by atoms with Crippen LogP contribution >= 0.6 is 31.7 Å². The third-order valence-corrected chi connectivity index (χ3v) is 7.15. The molecule has 0 spiro atoms. The molecule has 11 heteroatoms. The normalized spacial score (nSPS) is 12.2. The van der Waals surface area contributed by atoms with Crippen molar-refractivity contribution in [3.8, 4) is 0 Å². The van der Waals surface area contributed by atoms with Gasteiger partial charge >= 0.3 is 8.60 Å². The molecule has 32 heavy (non-hydrogen) atoms. The molecule has 2 heterocycles. The van der Waals surface area contributed by atoms with Crippen LogP contribution in [-0.4, -0.2) is 35.8 Å². The van der Waals surface area contributed by atoms with Crippen LogP contribution in [0.3, 0.4) is 0 Å². The summed E-state index contributed by atoms with van der Waals surface area (Å²) in [5.41, 5.74) is 13.4. The van der Waals surface area contributed by atoms with Crippen molar-refractivity contribution in [1.82, 2.24) is 15.0 Å². The summed E-state index contributed by atoms with van der Waals surface area (Å²) in [6, 6.07) is 10.2. The Morgan fingerprint density at radius 2 is 1.72 bits per heavy atom. The molecule has 1 aromatic carbocycles. The van der Waals surface area contributed by atoms with E-state index in [2.05, 4.69) is 47.9 Å². The second kappa shape index (κ2) is 13.9. The third-order valence-electron chi connectivity index (χ3n) is 4.25. The van der Waals surface area contributed by atoms with E-state index in [9.17, 15) is 0 Å². The van der Waals surface area contributed by atoms with Crippen LogP contribution in [0.5, 0.6) is 0 Å². The Bertz CT molecular complexity index is 942. The summed E-state index contributed by atoms with van der Waals surface area (Å²) in [6.07, 6.45) is 2.26. The number of hydrogen-bond acceptors (Lipinski definition) is 10. The molecule has 0 aliphatic rings. The molecule has 0 saturated heterocycles. The van der Waals surface area contributed by atoms with Gasteiger partial charge < -0.3 is 25.0 Å². The Morgan fingerprint density at radius 1 is 1.03 bits per heavy atom. The Balaban J connectivity index is 0.000000262. The van der Waals surface area contributed by atoms with Crippen LogP contribution in [0.4, 0.5) is 10.9 Å². The maximum atomic E-state index is 5.94. The van der Waals surface area contributed by atoms with E-state index in [1.54, 1.807) is 26.0 Å². The maximum absolute atomic E-state index is 5.94. The molecular formula is C21H32N5O3PS2. The van der Waals surface area contributed by atoms with E-state index in [0.717, 1.165) is 23.6 Å². The van der Waals surface area contributed by atoms with Gasteiger partial charge in [-0.1, -0.05) is 67.3 Å². The smallest absolute Gasteiger partial charge is 0.332 e. The van der Waals surface area contributed by atoms with Crippen LogP contribution in [0, 0.1) is 5.92 Å². The zero-order valence-electron chi connectivity index (χ0n) is 19.1. The van der Waals surface area contributed by atoms with Gasteiger partial charge in [0.15, 0.2) is 15.9 Å². The number of nitrogen functional groups attached to an aromatic ring is 2. The summed E-state index contributed by atoms with van der Waals surface area (Å²) >= 11 is 2.87. The largest absolute Gasteiger partial charge is 0.382 e. The molecule has 0 saturated carbocycles. The predicted molar refractivity (Wildman–Crippen MR) is 136 cm³/mol. The minimum Gasteiger partial charge on any atom is -0.382 e. The second-order valence-corrected chi connectivity index (χ2v) is 11.0. The first-order valence-corrected chi connectivity index (χ1v) is 13.1. The van der Waals surface area contributed by atoms with Gasteiger partial charge in [-0.05, 0) is 31.2 Å². The third kappa shape index (κ3) is 8.77. The molecule has 8 nitrogen and oxygen atoms in total. The van der Waals surface area contributed by atoms with Crippen LogP contribution in [0.2, 0.25) is 0 Å². The molecule has 0 aliphatic carbocycles. The van der Waals surface area contributed by atoms with Gasteiger partial charge in [0.05, 0.1) is 6.61 Å². The summed E-state index contributed by atoms with van der Waals surface area (Å²) < 4.78 is 15.9. The number of thiazole rings is 1. The van der Waals surface area contributed by atoms with E-state index in [1.807, 2.05) is 18.2 Å². The Kier molecular flexibility index (Phi) is 11.6. The van der Waals surface area contributed by atoms with Gasteiger partial charge in [0.25, 0.3) is 0 Å². The van der Waals surface area contributed by atoms with E-state index in [4.69, 9.17) is 25.0 Å². The monoisotopic (exact) mass is 497 g/mol. The lowest BCUT2D eigenvalue weighted by Crippen LogP contribution is -1.97. The summed E-state index contributed by atoms with van der Waals surface area (Å²) in [4.78, 5) is 12.9. The van der Waals surface area contributed by atoms with Crippen LogP contribution < -0.4 is 11.5 Å². The van der Waals surface area contributed by atoms with E-state index >= 15 is 0 Å².